The van der Waals surface area contributed by atoms with Crippen molar-refractivity contribution in [1.29, 1.82) is 0 Å². The van der Waals surface area contributed by atoms with Crippen LogP contribution in [0.25, 0.3) is 0 Å². The molecule has 1 aliphatic rings. The van der Waals surface area contributed by atoms with E-state index in [1.54, 1.807) is 0 Å². The zero-order valence-corrected chi connectivity index (χ0v) is 9.39. The second-order valence-corrected chi connectivity index (χ2v) is 4.29. The molecule has 0 aliphatic carbocycles. The lowest BCUT2D eigenvalue weighted by Gasteiger charge is -2.30. The molecule has 0 bridgehead atoms. The predicted molar refractivity (Wildman–Crippen MR) is 60.7 cm³/mol. The zero-order valence-electron chi connectivity index (χ0n) is 9.39. The van der Waals surface area contributed by atoms with Crippen molar-refractivity contribution in [1.82, 2.24) is 14.9 Å². The van der Waals surface area contributed by atoms with E-state index in [4.69, 9.17) is 5.73 Å². The van der Waals surface area contributed by atoms with E-state index in [9.17, 15) is 4.79 Å². The van der Waals surface area contributed by atoms with Crippen LogP contribution in [0.5, 0.6) is 0 Å². The molecule has 2 rings (SSSR count). The molecule has 0 spiro atoms. The van der Waals surface area contributed by atoms with Gasteiger partial charge in [0.25, 0.3) is 5.91 Å². The van der Waals surface area contributed by atoms with Gasteiger partial charge < -0.3 is 10.6 Å². The minimum atomic E-state index is -0.0999. The van der Waals surface area contributed by atoms with Crippen molar-refractivity contribution in [3.8, 4) is 0 Å². The molecule has 0 saturated carbocycles. The summed E-state index contributed by atoms with van der Waals surface area (Å²) in [6.45, 7) is 3.73. The molecule has 0 unspecified atom stereocenters. The molecule has 1 aliphatic heterocycles. The topological polar surface area (TPSA) is 72.1 Å². The fourth-order valence-electron chi connectivity index (χ4n) is 2.04. The van der Waals surface area contributed by atoms with Crippen LogP contribution in [0.15, 0.2) is 12.4 Å². The van der Waals surface area contributed by atoms with Gasteiger partial charge in [0.1, 0.15) is 0 Å². The minimum Gasteiger partial charge on any atom is -0.382 e. The second-order valence-electron chi connectivity index (χ2n) is 4.29. The molecule has 0 aromatic carbocycles. The van der Waals surface area contributed by atoms with Gasteiger partial charge in [-0.05, 0) is 18.8 Å². The molecular formula is C11H16N4O. The average molecular weight is 220 g/mol. The molecule has 0 radical (unpaired) electrons. The van der Waals surface area contributed by atoms with E-state index in [1.807, 2.05) is 4.90 Å². The van der Waals surface area contributed by atoms with E-state index in [1.165, 1.54) is 18.8 Å². The minimum absolute atomic E-state index is 0.0999. The van der Waals surface area contributed by atoms with E-state index < -0.39 is 0 Å². The van der Waals surface area contributed by atoms with Crippen molar-refractivity contribution in [3.63, 3.8) is 0 Å². The van der Waals surface area contributed by atoms with Crippen LogP contribution in [0.4, 0.5) is 5.82 Å². The van der Waals surface area contributed by atoms with Crippen LogP contribution in [0, 0.1) is 5.92 Å². The van der Waals surface area contributed by atoms with Crippen molar-refractivity contribution < 1.29 is 4.79 Å². The monoisotopic (exact) mass is 220 g/mol. The van der Waals surface area contributed by atoms with Gasteiger partial charge in [0.2, 0.25) is 0 Å². The lowest BCUT2D eigenvalue weighted by molar-refractivity contribution is 0.0678. The van der Waals surface area contributed by atoms with Crippen LogP contribution in [0.3, 0.4) is 0 Å². The van der Waals surface area contributed by atoms with Crippen LogP contribution in [-0.4, -0.2) is 33.9 Å². The van der Waals surface area contributed by atoms with Crippen molar-refractivity contribution in [2.45, 2.75) is 19.8 Å². The fourth-order valence-corrected chi connectivity index (χ4v) is 2.04. The number of carbonyl (C=O) groups excluding carboxylic acids is 1. The number of rotatable bonds is 1. The number of nitrogen functional groups attached to an aromatic ring is 1. The van der Waals surface area contributed by atoms with Crippen LogP contribution < -0.4 is 5.73 Å². The Labute approximate surface area is 94.7 Å². The third-order valence-corrected chi connectivity index (χ3v) is 2.87. The SMILES string of the molecule is C[C@@H]1CCCN(C(=O)c2nccnc2N)C1. The molecule has 1 amide bonds. The number of aromatic nitrogens is 2. The highest BCUT2D eigenvalue weighted by molar-refractivity contribution is 5.96. The number of likely N-dealkylation sites (tertiary alicyclic amines) is 1. The summed E-state index contributed by atoms with van der Waals surface area (Å²) in [6, 6.07) is 0. The maximum Gasteiger partial charge on any atom is 0.276 e. The lowest BCUT2D eigenvalue weighted by atomic mass is 10.00. The van der Waals surface area contributed by atoms with Gasteiger partial charge in [0, 0.05) is 25.5 Å². The van der Waals surface area contributed by atoms with Crippen LogP contribution >= 0.6 is 0 Å². The molecule has 86 valence electrons. The first-order chi connectivity index (χ1) is 7.68. The first-order valence-electron chi connectivity index (χ1n) is 5.54. The number of hydrogen-bond acceptors (Lipinski definition) is 4. The number of carbonyl (C=O) groups is 1. The maximum absolute atomic E-state index is 12.1. The zero-order chi connectivity index (χ0) is 11.5. The molecule has 2 N–H and O–H groups in total. The number of nitrogens with zero attached hydrogens (tertiary/aromatic N) is 3. The van der Waals surface area contributed by atoms with Gasteiger partial charge in [-0.15, -0.1) is 0 Å². The van der Waals surface area contributed by atoms with Crippen molar-refractivity contribution >= 4 is 11.7 Å². The molecular weight excluding hydrogens is 204 g/mol. The van der Waals surface area contributed by atoms with Gasteiger partial charge in [-0.25, -0.2) is 9.97 Å². The third kappa shape index (κ3) is 2.13. The van der Waals surface area contributed by atoms with Crippen LogP contribution in [-0.2, 0) is 0 Å². The van der Waals surface area contributed by atoms with Crippen LogP contribution in [0.2, 0.25) is 0 Å². The normalized spacial score (nSPS) is 20.8. The Morgan fingerprint density at radius 2 is 2.25 bits per heavy atom. The van der Waals surface area contributed by atoms with Crippen molar-refractivity contribution in [3.05, 3.63) is 18.1 Å². The summed E-state index contributed by atoms with van der Waals surface area (Å²) < 4.78 is 0. The number of nitrogens with two attached hydrogens (primary N) is 1. The first-order valence-corrected chi connectivity index (χ1v) is 5.54. The van der Waals surface area contributed by atoms with E-state index in [0.717, 1.165) is 19.5 Å². The van der Waals surface area contributed by atoms with E-state index in [0.29, 0.717) is 5.92 Å². The summed E-state index contributed by atoms with van der Waals surface area (Å²) in [6.07, 6.45) is 5.22. The highest BCUT2D eigenvalue weighted by Gasteiger charge is 2.24. The van der Waals surface area contributed by atoms with E-state index in [-0.39, 0.29) is 17.4 Å². The largest absolute Gasteiger partial charge is 0.382 e. The van der Waals surface area contributed by atoms with Crippen LogP contribution in [0.1, 0.15) is 30.3 Å². The number of hydrogen-bond donors (Lipinski definition) is 1. The van der Waals surface area contributed by atoms with E-state index >= 15 is 0 Å². The number of anilines is 1. The molecule has 5 heteroatoms. The first kappa shape index (κ1) is 10.9. The summed E-state index contributed by atoms with van der Waals surface area (Å²) in [4.78, 5) is 21.8. The summed E-state index contributed by atoms with van der Waals surface area (Å²) in [5.74, 6) is 0.665. The molecule has 2 heterocycles. The summed E-state index contributed by atoms with van der Waals surface area (Å²) in [5.41, 5.74) is 5.92. The Kier molecular flexibility index (Phi) is 3.03. The third-order valence-electron chi connectivity index (χ3n) is 2.87. The van der Waals surface area contributed by atoms with Crippen molar-refractivity contribution in [2.75, 3.05) is 18.8 Å². The Hall–Kier alpha value is -1.65. The second kappa shape index (κ2) is 4.47. The van der Waals surface area contributed by atoms with E-state index in [2.05, 4.69) is 16.9 Å². The molecule has 1 saturated heterocycles. The molecule has 1 aromatic heterocycles. The Bertz CT molecular complexity index is 393. The Morgan fingerprint density at radius 1 is 1.50 bits per heavy atom. The standard InChI is InChI=1S/C11H16N4O/c1-8-3-2-6-15(7-8)11(16)9-10(12)14-5-4-13-9/h4-5,8H,2-3,6-7H2,1H3,(H2,12,14)/t8-/m1/s1. The quantitative estimate of drug-likeness (QED) is 0.764. The van der Waals surface area contributed by atoms with Gasteiger partial charge >= 0.3 is 0 Å². The summed E-state index contributed by atoms with van der Waals surface area (Å²) in [7, 11) is 0. The smallest absolute Gasteiger partial charge is 0.276 e. The van der Waals surface area contributed by atoms with Gasteiger partial charge in [0.15, 0.2) is 11.5 Å². The highest BCUT2D eigenvalue weighted by Crippen LogP contribution is 2.18. The van der Waals surface area contributed by atoms with Gasteiger partial charge in [-0.1, -0.05) is 6.92 Å². The van der Waals surface area contributed by atoms with Gasteiger partial charge in [-0.3, -0.25) is 4.79 Å². The molecule has 1 fully saturated rings. The predicted octanol–water partition coefficient (Wildman–Crippen LogP) is 0.931. The molecule has 1 atom stereocenters. The number of piperidine rings is 1. The Balaban J connectivity index is 2.16. The summed E-state index contributed by atoms with van der Waals surface area (Å²) >= 11 is 0. The van der Waals surface area contributed by atoms with Gasteiger partial charge in [0.05, 0.1) is 0 Å². The number of amides is 1. The Morgan fingerprint density at radius 3 is 2.94 bits per heavy atom. The highest BCUT2D eigenvalue weighted by atomic mass is 16.2. The molecule has 1 aromatic rings. The average Bonchev–Trinajstić information content (AvgIpc) is 2.29. The summed E-state index contributed by atoms with van der Waals surface area (Å²) in [5, 5.41) is 0. The lowest BCUT2D eigenvalue weighted by Crippen LogP contribution is -2.39. The maximum atomic E-state index is 12.1. The fraction of sp³-hybridized carbons (Fsp3) is 0.545. The van der Waals surface area contributed by atoms with Crippen molar-refractivity contribution in [2.24, 2.45) is 5.92 Å². The molecule has 16 heavy (non-hydrogen) atoms. The van der Waals surface area contributed by atoms with Gasteiger partial charge in [-0.2, -0.15) is 0 Å². The molecule has 5 nitrogen and oxygen atoms in total.